The highest BCUT2D eigenvalue weighted by atomic mass is 127. The van der Waals surface area contributed by atoms with Crippen molar-refractivity contribution in [1.29, 1.82) is 0 Å². The zero-order valence-electron chi connectivity index (χ0n) is 7.78. The molecule has 8 heteroatoms. The van der Waals surface area contributed by atoms with Gasteiger partial charge in [0.1, 0.15) is 0 Å². The highest BCUT2D eigenvalue weighted by molar-refractivity contribution is 14.1. The van der Waals surface area contributed by atoms with Crippen LogP contribution in [-0.4, -0.2) is 14.8 Å². The lowest BCUT2D eigenvalue weighted by atomic mass is 10.4. The maximum Gasteiger partial charge on any atom is 0.191 e. The molecule has 5 nitrogen and oxygen atoms in total. The maximum atomic E-state index is 13.4. The second kappa shape index (κ2) is 4.29. The summed E-state index contributed by atoms with van der Waals surface area (Å²) in [6, 6.07) is 0.700. The van der Waals surface area contributed by atoms with Crippen LogP contribution >= 0.6 is 22.6 Å². The smallest absolute Gasteiger partial charge is 0.191 e. The summed E-state index contributed by atoms with van der Waals surface area (Å²) >= 11 is 2.02. The summed E-state index contributed by atoms with van der Waals surface area (Å²) in [7, 11) is 0. The quantitative estimate of drug-likeness (QED) is 0.494. The SMILES string of the molecule is NNc1nc(-n2cc(I)cn2)c(F)cc1F. The van der Waals surface area contributed by atoms with E-state index in [-0.39, 0.29) is 11.6 Å². The molecule has 0 saturated heterocycles. The van der Waals surface area contributed by atoms with Crippen molar-refractivity contribution in [2.75, 3.05) is 5.43 Å². The van der Waals surface area contributed by atoms with Crippen molar-refractivity contribution in [2.45, 2.75) is 0 Å². The van der Waals surface area contributed by atoms with E-state index < -0.39 is 11.6 Å². The fourth-order valence-electron chi connectivity index (χ4n) is 1.14. The van der Waals surface area contributed by atoms with E-state index in [2.05, 4.69) is 10.1 Å². The predicted octanol–water partition coefficient (Wildman–Crippen LogP) is 1.44. The molecule has 0 bridgehead atoms. The number of hydrogen-bond acceptors (Lipinski definition) is 4. The van der Waals surface area contributed by atoms with Crippen LogP contribution in [0.5, 0.6) is 0 Å². The summed E-state index contributed by atoms with van der Waals surface area (Å²) in [5, 5.41) is 3.87. The van der Waals surface area contributed by atoms with Crippen LogP contribution in [0.15, 0.2) is 18.5 Å². The van der Waals surface area contributed by atoms with Crippen molar-refractivity contribution in [3.63, 3.8) is 0 Å². The lowest BCUT2D eigenvalue weighted by molar-refractivity contribution is 0.563. The predicted molar refractivity (Wildman–Crippen MR) is 61.8 cm³/mol. The van der Waals surface area contributed by atoms with Gasteiger partial charge in [0.05, 0.1) is 9.77 Å². The number of nitrogens with two attached hydrogens (primary N) is 1. The molecule has 0 saturated carbocycles. The molecule has 0 aromatic carbocycles. The van der Waals surface area contributed by atoms with Crippen LogP contribution in [0.1, 0.15) is 0 Å². The van der Waals surface area contributed by atoms with E-state index >= 15 is 0 Å². The molecule has 0 aliphatic rings. The number of anilines is 1. The normalized spacial score (nSPS) is 10.5. The number of rotatable bonds is 2. The number of aromatic nitrogens is 3. The third-order valence-electron chi connectivity index (χ3n) is 1.82. The van der Waals surface area contributed by atoms with E-state index in [1.165, 1.54) is 10.9 Å². The van der Waals surface area contributed by atoms with E-state index in [9.17, 15) is 8.78 Å². The number of nitrogens with zero attached hydrogens (tertiary/aromatic N) is 3. The Labute approximate surface area is 103 Å². The molecule has 2 heterocycles. The summed E-state index contributed by atoms with van der Waals surface area (Å²) in [5.41, 5.74) is 2.04. The van der Waals surface area contributed by atoms with Gasteiger partial charge in [-0.15, -0.1) is 0 Å². The van der Waals surface area contributed by atoms with E-state index in [4.69, 9.17) is 5.84 Å². The van der Waals surface area contributed by atoms with Crippen LogP contribution in [0.4, 0.5) is 14.6 Å². The number of nitrogen functional groups attached to an aromatic ring is 1. The van der Waals surface area contributed by atoms with Crippen molar-refractivity contribution in [3.05, 3.63) is 33.7 Å². The Bertz CT molecular complexity index is 527. The van der Waals surface area contributed by atoms with Gasteiger partial charge >= 0.3 is 0 Å². The molecule has 2 aromatic rings. The molecule has 0 radical (unpaired) electrons. The van der Waals surface area contributed by atoms with E-state index in [1.54, 1.807) is 6.20 Å². The molecular formula is C8H6F2IN5. The average Bonchev–Trinajstić information content (AvgIpc) is 2.65. The molecule has 0 aliphatic heterocycles. The molecule has 0 amide bonds. The van der Waals surface area contributed by atoms with Gasteiger partial charge in [0.15, 0.2) is 23.3 Å². The van der Waals surface area contributed by atoms with Gasteiger partial charge in [0, 0.05) is 12.3 Å². The molecule has 84 valence electrons. The first-order chi connectivity index (χ1) is 7.61. The molecular weight excluding hydrogens is 331 g/mol. The summed E-state index contributed by atoms with van der Waals surface area (Å²) in [5.74, 6) is 3.03. The standard InChI is InChI=1S/C8H6F2IN5/c9-5-1-6(10)8(14-7(5)15-12)16-3-4(11)2-13-16/h1-3H,12H2,(H,14,15). The average molecular weight is 337 g/mol. The van der Waals surface area contributed by atoms with Gasteiger partial charge in [-0.2, -0.15) is 5.10 Å². The van der Waals surface area contributed by atoms with E-state index in [0.29, 0.717) is 6.07 Å². The molecule has 0 fully saturated rings. The minimum Gasteiger partial charge on any atom is -0.306 e. The second-order valence-corrected chi connectivity index (χ2v) is 4.12. The fraction of sp³-hybridized carbons (Fsp3) is 0. The largest absolute Gasteiger partial charge is 0.306 e. The Kier molecular flexibility index (Phi) is 3.01. The lowest BCUT2D eigenvalue weighted by Gasteiger charge is -2.06. The van der Waals surface area contributed by atoms with Crippen LogP contribution in [0.25, 0.3) is 5.82 Å². The minimum atomic E-state index is -0.856. The zero-order valence-corrected chi connectivity index (χ0v) is 9.94. The molecule has 0 atom stereocenters. The van der Waals surface area contributed by atoms with Gasteiger partial charge in [-0.25, -0.2) is 24.3 Å². The van der Waals surface area contributed by atoms with E-state index in [1.807, 2.05) is 28.0 Å². The highest BCUT2D eigenvalue weighted by Gasteiger charge is 2.13. The third-order valence-corrected chi connectivity index (χ3v) is 2.37. The Morgan fingerprint density at radius 2 is 2.12 bits per heavy atom. The second-order valence-electron chi connectivity index (χ2n) is 2.87. The van der Waals surface area contributed by atoms with Crippen molar-refractivity contribution in [2.24, 2.45) is 5.84 Å². The lowest BCUT2D eigenvalue weighted by Crippen LogP contribution is -2.13. The summed E-state index contributed by atoms with van der Waals surface area (Å²) in [6.45, 7) is 0. The Balaban J connectivity index is 2.56. The van der Waals surface area contributed by atoms with Crippen LogP contribution in [0.2, 0.25) is 0 Å². The van der Waals surface area contributed by atoms with Gasteiger partial charge in [0.2, 0.25) is 0 Å². The summed E-state index contributed by atoms with van der Waals surface area (Å²) in [6.07, 6.45) is 3.09. The van der Waals surface area contributed by atoms with Crippen molar-refractivity contribution < 1.29 is 8.78 Å². The van der Waals surface area contributed by atoms with E-state index in [0.717, 1.165) is 3.57 Å². The first kappa shape index (κ1) is 11.2. The maximum absolute atomic E-state index is 13.4. The first-order valence-electron chi connectivity index (χ1n) is 4.15. The molecule has 0 aliphatic carbocycles. The number of nitrogens with one attached hydrogen (secondary N) is 1. The Morgan fingerprint density at radius 3 is 2.69 bits per heavy atom. The molecule has 0 unspecified atom stereocenters. The molecule has 3 N–H and O–H groups in total. The monoisotopic (exact) mass is 337 g/mol. The topological polar surface area (TPSA) is 68.8 Å². The molecule has 2 aromatic heterocycles. The van der Waals surface area contributed by atoms with Crippen LogP contribution in [-0.2, 0) is 0 Å². The Hall–Kier alpha value is -1.29. The van der Waals surface area contributed by atoms with Crippen molar-refractivity contribution >= 4 is 28.4 Å². The minimum absolute atomic E-state index is 0.114. The summed E-state index contributed by atoms with van der Waals surface area (Å²) in [4.78, 5) is 3.68. The zero-order chi connectivity index (χ0) is 11.7. The van der Waals surface area contributed by atoms with Gasteiger partial charge < -0.3 is 5.43 Å². The van der Waals surface area contributed by atoms with Crippen molar-refractivity contribution in [1.82, 2.24) is 14.8 Å². The fourth-order valence-corrected chi connectivity index (χ4v) is 1.52. The van der Waals surface area contributed by atoms with Crippen molar-refractivity contribution in [3.8, 4) is 5.82 Å². The number of halogens is 3. The van der Waals surface area contributed by atoms with Crippen LogP contribution < -0.4 is 11.3 Å². The van der Waals surface area contributed by atoms with Crippen LogP contribution in [0.3, 0.4) is 0 Å². The van der Waals surface area contributed by atoms with Gasteiger partial charge in [-0.05, 0) is 22.6 Å². The Morgan fingerprint density at radius 1 is 1.38 bits per heavy atom. The first-order valence-corrected chi connectivity index (χ1v) is 5.23. The van der Waals surface area contributed by atoms with Crippen LogP contribution in [0, 0.1) is 15.2 Å². The number of hydrogen-bond donors (Lipinski definition) is 2. The highest BCUT2D eigenvalue weighted by Crippen LogP contribution is 2.17. The molecule has 2 rings (SSSR count). The number of hydrazine groups is 1. The van der Waals surface area contributed by atoms with Gasteiger partial charge in [-0.1, -0.05) is 0 Å². The third kappa shape index (κ3) is 1.97. The summed E-state index contributed by atoms with van der Waals surface area (Å²) < 4.78 is 28.5. The molecule has 0 spiro atoms. The van der Waals surface area contributed by atoms with Gasteiger partial charge in [0.25, 0.3) is 0 Å². The number of pyridine rings is 1. The van der Waals surface area contributed by atoms with Gasteiger partial charge in [-0.3, -0.25) is 0 Å². The molecule has 16 heavy (non-hydrogen) atoms.